The summed E-state index contributed by atoms with van der Waals surface area (Å²) in [6, 6.07) is 9.71. The molecule has 1 atom stereocenters. The van der Waals surface area contributed by atoms with Crippen molar-refractivity contribution >= 4 is 17.8 Å². The van der Waals surface area contributed by atoms with Crippen molar-refractivity contribution in [2.75, 3.05) is 26.2 Å². The molecule has 2 amide bonds. The van der Waals surface area contributed by atoms with E-state index in [1.165, 1.54) is 4.90 Å². The molecule has 1 aliphatic rings. The number of carbonyl (C=O) groups is 3. The van der Waals surface area contributed by atoms with Gasteiger partial charge in [-0.1, -0.05) is 51.1 Å². The van der Waals surface area contributed by atoms with Crippen molar-refractivity contribution in [2.24, 2.45) is 11.3 Å². The zero-order chi connectivity index (χ0) is 20.0. The Morgan fingerprint density at radius 3 is 2.44 bits per heavy atom. The van der Waals surface area contributed by atoms with E-state index in [1.54, 1.807) is 4.90 Å². The Morgan fingerprint density at radius 2 is 1.85 bits per heavy atom. The van der Waals surface area contributed by atoms with Gasteiger partial charge in [-0.05, 0) is 24.8 Å². The second-order valence-corrected chi connectivity index (χ2v) is 8.23. The molecule has 0 spiro atoms. The lowest BCUT2D eigenvalue weighted by Crippen LogP contribution is -2.50. The minimum atomic E-state index is -1.02. The predicted octanol–water partition coefficient (Wildman–Crippen LogP) is 2.43. The number of amides is 2. The molecule has 27 heavy (non-hydrogen) atoms. The van der Waals surface area contributed by atoms with E-state index in [4.69, 9.17) is 0 Å². The molecule has 148 valence electrons. The molecule has 1 N–H and O–H groups in total. The van der Waals surface area contributed by atoms with Gasteiger partial charge in [0.1, 0.15) is 6.54 Å². The van der Waals surface area contributed by atoms with Gasteiger partial charge in [-0.3, -0.25) is 14.4 Å². The molecule has 0 aliphatic carbocycles. The lowest BCUT2D eigenvalue weighted by Gasteiger charge is -2.37. The summed E-state index contributed by atoms with van der Waals surface area (Å²) in [5, 5.41) is 9.22. The van der Waals surface area contributed by atoms with E-state index >= 15 is 0 Å². The summed E-state index contributed by atoms with van der Waals surface area (Å²) in [7, 11) is 0. The van der Waals surface area contributed by atoms with Gasteiger partial charge in [0.25, 0.3) is 0 Å². The number of likely N-dealkylation sites (tertiary alicyclic amines) is 1. The summed E-state index contributed by atoms with van der Waals surface area (Å²) >= 11 is 0. The highest BCUT2D eigenvalue weighted by Gasteiger charge is 2.35. The average molecular weight is 374 g/mol. The van der Waals surface area contributed by atoms with E-state index in [9.17, 15) is 19.5 Å². The fraction of sp³-hybridized carbons (Fsp3) is 0.571. The third-order valence-electron chi connectivity index (χ3n) is 4.85. The summed E-state index contributed by atoms with van der Waals surface area (Å²) < 4.78 is 0. The highest BCUT2D eigenvalue weighted by atomic mass is 16.4. The summed E-state index contributed by atoms with van der Waals surface area (Å²) in [6.45, 7) is 6.69. The second kappa shape index (κ2) is 9.02. The van der Waals surface area contributed by atoms with E-state index < -0.39 is 11.4 Å². The summed E-state index contributed by atoms with van der Waals surface area (Å²) in [5.74, 6) is -1.48. The Morgan fingerprint density at radius 1 is 1.19 bits per heavy atom. The molecule has 0 aromatic heterocycles. The van der Waals surface area contributed by atoms with Crippen LogP contribution in [0.5, 0.6) is 0 Å². The Labute approximate surface area is 161 Å². The standard InChI is InChI=1S/C21H30N2O4/c1-21(2,3)20(27)23-12-7-10-17(14-23)19(26)22(15-18(24)25)13-11-16-8-5-4-6-9-16/h4-6,8-9,17H,7,10-15H2,1-3H3,(H,24,25). The Balaban J connectivity index is 2.04. The van der Waals surface area contributed by atoms with Crippen LogP contribution >= 0.6 is 0 Å². The quantitative estimate of drug-likeness (QED) is 0.829. The first kappa shape index (κ1) is 20.9. The van der Waals surface area contributed by atoms with E-state index in [2.05, 4.69) is 0 Å². The zero-order valence-electron chi connectivity index (χ0n) is 16.5. The van der Waals surface area contributed by atoms with Crippen LogP contribution in [0, 0.1) is 11.3 Å². The highest BCUT2D eigenvalue weighted by molar-refractivity contribution is 5.85. The second-order valence-electron chi connectivity index (χ2n) is 8.23. The number of carboxylic acid groups (broad SMARTS) is 1. The average Bonchev–Trinajstić information content (AvgIpc) is 2.64. The number of benzene rings is 1. The molecule has 6 heteroatoms. The SMILES string of the molecule is CC(C)(C)C(=O)N1CCCC(C(=O)N(CCc2ccccc2)CC(=O)O)C1. The van der Waals surface area contributed by atoms with Crippen LogP contribution in [0.3, 0.4) is 0 Å². The Bertz CT molecular complexity index is 667. The number of nitrogens with zero attached hydrogens (tertiary/aromatic N) is 2. The number of rotatable bonds is 6. The van der Waals surface area contributed by atoms with Gasteiger partial charge in [-0.2, -0.15) is 0 Å². The van der Waals surface area contributed by atoms with Gasteiger partial charge in [0.15, 0.2) is 0 Å². The van der Waals surface area contributed by atoms with Gasteiger partial charge in [-0.25, -0.2) is 0 Å². The van der Waals surface area contributed by atoms with Gasteiger partial charge in [0.05, 0.1) is 5.92 Å². The van der Waals surface area contributed by atoms with E-state index in [1.807, 2.05) is 51.1 Å². The number of carboxylic acids is 1. The fourth-order valence-corrected chi connectivity index (χ4v) is 3.43. The molecule has 6 nitrogen and oxygen atoms in total. The van der Waals surface area contributed by atoms with Gasteiger partial charge < -0.3 is 14.9 Å². The van der Waals surface area contributed by atoms with Crippen molar-refractivity contribution in [1.82, 2.24) is 9.80 Å². The lowest BCUT2D eigenvalue weighted by atomic mass is 9.90. The summed E-state index contributed by atoms with van der Waals surface area (Å²) in [6.07, 6.45) is 2.06. The molecule has 1 unspecified atom stereocenters. The van der Waals surface area contributed by atoms with Crippen LogP contribution in [0.1, 0.15) is 39.2 Å². The Kier molecular flexibility index (Phi) is 6.99. The summed E-state index contributed by atoms with van der Waals surface area (Å²) in [4.78, 5) is 40.0. The maximum Gasteiger partial charge on any atom is 0.323 e. The number of hydrogen-bond donors (Lipinski definition) is 1. The van der Waals surface area contributed by atoms with Gasteiger partial charge >= 0.3 is 5.97 Å². The first-order chi connectivity index (χ1) is 12.7. The monoisotopic (exact) mass is 374 g/mol. The molecule has 1 heterocycles. The predicted molar refractivity (Wildman–Crippen MR) is 103 cm³/mol. The van der Waals surface area contributed by atoms with Crippen molar-refractivity contribution in [2.45, 2.75) is 40.0 Å². The lowest BCUT2D eigenvalue weighted by molar-refractivity contribution is -0.150. The third-order valence-corrected chi connectivity index (χ3v) is 4.85. The minimum absolute atomic E-state index is 0.0362. The molecule has 2 rings (SSSR count). The maximum absolute atomic E-state index is 13.0. The van der Waals surface area contributed by atoms with E-state index in [-0.39, 0.29) is 24.3 Å². The van der Waals surface area contributed by atoms with Crippen molar-refractivity contribution in [3.8, 4) is 0 Å². The van der Waals surface area contributed by atoms with Crippen LogP contribution in [0.15, 0.2) is 30.3 Å². The largest absolute Gasteiger partial charge is 0.480 e. The number of carbonyl (C=O) groups excluding carboxylic acids is 2. The summed E-state index contributed by atoms with van der Waals surface area (Å²) in [5.41, 5.74) is 0.577. The van der Waals surface area contributed by atoms with Crippen molar-refractivity contribution < 1.29 is 19.5 Å². The van der Waals surface area contributed by atoms with Gasteiger partial charge in [-0.15, -0.1) is 0 Å². The highest BCUT2D eigenvalue weighted by Crippen LogP contribution is 2.24. The van der Waals surface area contributed by atoms with Crippen molar-refractivity contribution in [1.29, 1.82) is 0 Å². The third kappa shape index (κ3) is 6.08. The first-order valence-corrected chi connectivity index (χ1v) is 9.52. The number of hydrogen-bond acceptors (Lipinski definition) is 3. The number of aliphatic carboxylic acids is 1. The van der Waals surface area contributed by atoms with Crippen LogP contribution < -0.4 is 0 Å². The van der Waals surface area contributed by atoms with Crippen LogP contribution in [-0.4, -0.2) is 58.9 Å². The van der Waals surface area contributed by atoms with Crippen molar-refractivity contribution in [3.05, 3.63) is 35.9 Å². The molecule has 1 fully saturated rings. The van der Waals surface area contributed by atoms with Gasteiger partial charge in [0, 0.05) is 25.0 Å². The molecular formula is C21H30N2O4. The van der Waals surface area contributed by atoms with Crippen LogP contribution in [-0.2, 0) is 20.8 Å². The Hall–Kier alpha value is -2.37. The molecule has 0 radical (unpaired) electrons. The molecule has 0 saturated carbocycles. The van der Waals surface area contributed by atoms with E-state index in [0.29, 0.717) is 32.5 Å². The van der Waals surface area contributed by atoms with E-state index in [0.717, 1.165) is 12.0 Å². The fourth-order valence-electron chi connectivity index (χ4n) is 3.43. The molecular weight excluding hydrogens is 344 g/mol. The topological polar surface area (TPSA) is 77.9 Å². The first-order valence-electron chi connectivity index (χ1n) is 9.52. The molecule has 1 aliphatic heterocycles. The van der Waals surface area contributed by atoms with Crippen molar-refractivity contribution in [3.63, 3.8) is 0 Å². The normalized spacial score (nSPS) is 17.4. The molecule has 1 aromatic carbocycles. The van der Waals surface area contributed by atoms with Crippen LogP contribution in [0.25, 0.3) is 0 Å². The van der Waals surface area contributed by atoms with Gasteiger partial charge in [0.2, 0.25) is 11.8 Å². The minimum Gasteiger partial charge on any atom is -0.480 e. The van der Waals surface area contributed by atoms with Crippen LogP contribution in [0.4, 0.5) is 0 Å². The van der Waals surface area contributed by atoms with Crippen LogP contribution in [0.2, 0.25) is 0 Å². The number of piperidine rings is 1. The molecule has 0 bridgehead atoms. The maximum atomic E-state index is 13.0. The molecule has 1 aromatic rings. The zero-order valence-corrected chi connectivity index (χ0v) is 16.5. The molecule has 1 saturated heterocycles. The smallest absolute Gasteiger partial charge is 0.323 e.